The molecule has 2 amide bonds. The van der Waals surface area contributed by atoms with E-state index in [4.69, 9.17) is 5.11 Å². The lowest BCUT2D eigenvalue weighted by Gasteiger charge is -2.20. The van der Waals surface area contributed by atoms with Crippen molar-refractivity contribution in [3.63, 3.8) is 0 Å². The van der Waals surface area contributed by atoms with E-state index in [0.29, 0.717) is 4.88 Å². The molecule has 8 heteroatoms. The Bertz CT molecular complexity index is 544. The van der Waals surface area contributed by atoms with E-state index in [1.807, 2.05) is 0 Å². The average Bonchev–Trinajstić information content (AvgIpc) is 2.80. The molecule has 0 radical (unpaired) electrons. The Balaban J connectivity index is 2.61. The molecular formula is C13H17BrN2O4S. The molecule has 0 saturated carbocycles. The van der Waals surface area contributed by atoms with Crippen molar-refractivity contribution >= 4 is 45.1 Å². The van der Waals surface area contributed by atoms with Gasteiger partial charge in [-0.2, -0.15) is 0 Å². The monoisotopic (exact) mass is 376 g/mol. The molecule has 0 fully saturated rings. The van der Waals surface area contributed by atoms with Crippen LogP contribution in [0.25, 0.3) is 0 Å². The third kappa shape index (κ3) is 5.13. The van der Waals surface area contributed by atoms with E-state index in [-0.39, 0.29) is 18.4 Å². The molecule has 0 aliphatic heterocycles. The molecule has 1 aromatic rings. The minimum absolute atomic E-state index is 0.190. The lowest BCUT2D eigenvalue weighted by atomic mass is 10.0. The lowest BCUT2D eigenvalue weighted by Crippen LogP contribution is -2.48. The Hall–Kier alpha value is -1.41. The first kappa shape index (κ1) is 17.6. The highest BCUT2D eigenvalue weighted by Crippen LogP contribution is 2.22. The van der Waals surface area contributed by atoms with Crippen LogP contribution in [0.4, 0.5) is 0 Å². The van der Waals surface area contributed by atoms with Gasteiger partial charge in [0, 0.05) is 7.05 Å². The van der Waals surface area contributed by atoms with Crippen molar-refractivity contribution in [1.82, 2.24) is 10.2 Å². The summed E-state index contributed by atoms with van der Waals surface area (Å²) >= 11 is 4.54. The Morgan fingerprint density at radius 2 is 2.00 bits per heavy atom. The quantitative estimate of drug-likeness (QED) is 0.792. The molecule has 0 spiro atoms. The van der Waals surface area contributed by atoms with Crippen LogP contribution in [0.3, 0.4) is 0 Å². The molecule has 21 heavy (non-hydrogen) atoms. The molecule has 0 aliphatic carbocycles. The van der Waals surface area contributed by atoms with E-state index < -0.39 is 17.9 Å². The first-order valence-electron chi connectivity index (χ1n) is 6.25. The van der Waals surface area contributed by atoms with Crippen LogP contribution in [-0.2, 0) is 9.59 Å². The van der Waals surface area contributed by atoms with Gasteiger partial charge < -0.3 is 15.3 Å². The highest BCUT2D eigenvalue weighted by Gasteiger charge is 2.24. The molecule has 1 atom stereocenters. The Morgan fingerprint density at radius 1 is 1.38 bits per heavy atom. The van der Waals surface area contributed by atoms with E-state index in [2.05, 4.69) is 21.2 Å². The first-order chi connectivity index (χ1) is 9.72. The van der Waals surface area contributed by atoms with Gasteiger partial charge in [0.1, 0.15) is 6.04 Å². The van der Waals surface area contributed by atoms with Crippen molar-refractivity contribution in [1.29, 1.82) is 0 Å². The Kier molecular flexibility index (Phi) is 6.35. The fourth-order valence-corrected chi connectivity index (χ4v) is 3.02. The SMILES string of the molecule is CC(C)[C@H](NC(=O)CN(C)C(=O)c1ccc(Br)s1)C(=O)O. The zero-order valence-corrected chi connectivity index (χ0v) is 14.3. The third-order valence-corrected chi connectivity index (χ3v) is 4.37. The largest absolute Gasteiger partial charge is 0.480 e. The number of amides is 2. The standard InChI is InChI=1S/C13H17BrN2O4S/c1-7(2)11(13(19)20)15-10(17)6-16(3)12(18)8-4-5-9(14)21-8/h4-5,7,11H,6H2,1-3H3,(H,15,17)(H,19,20)/t11-/m0/s1. The lowest BCUT2D eigenvalue weighted by molar-refractivity contribution is -0.143. The molecular weight excluding hydrogens is 360 g/mol. The van der Waals surface area contributed by atoms with Gasteiger partial charge in [-0.05, 0) is 34.0 Å². The number of carboxylic acid groups (broad SMARTS) is 1. The summed E-state index contributed by atoms with van der Waals surface area (Å²) in [5.74, 6) is -2.10. The number of carboxylic acids is 1. The van der Waals surface area contributed by atoms with E-state index in [9.17, 15) is 14.4 Å². The molecule has 1 rings (SSSR count). The van der Waals surface area contributed by atoms with Crippen LogP contribution in [0.1, 0.15) is 23.5 Å². The molecule has 0 bridgehead atoms. The summed E-state index contributed by atoms with van der Waals surface area (Å²) in [5.41, 5.74) is 0. The summed E-state index contributed by atoms with van der Waals surface area (Å²) < 4.78 is 0.828. The molecule has 2 N–H and O–H groups in total. The van der Waals surface area contributed by atoms with Crippen molar-refractivity contribution < 1.29 is 19.5 Å². The molecule has 0 unspecified atom stereocenters. The number of nitrogens with one attached hydrogen (secondary N) is 1. The van der Waals surface area contributed by atoms with Crippen LogP contribution in [0, 0.1) is 5.92 Å². The number of likely N-dealkylation sites (N-methyl/N-ethyl adjacent to an activating group) is 1. The number of hydrogen-bond acceptors (Lipinski definition) is 4. The van der Waals surface area contributed by atoms with Crippen molar-refractivity contribution in [2.75, 3.05) is 13.6 Å². The second-order valence-electron chi connectivity index (χ2n) is 4.89. The van der Waals surface area contributed by atoms with Crippen molar-refractivity contribution in [2.24, 2.45) is 5.92 Å². The van der Waals surface area contributed by atoms with E-state index in [0.717, 1.165) is 3.79 Å². The smallest absolute Gasteiger partial charge is 0.326 e. The van der Waals surface area contributed by atoms with Gasteiger partial charge in [-0.25, -0.2) is 4.79 Å². The summed E-state index contributed by atoms with van der Waals surface area (Å²) in [7, 11) is 1.50. The summed E-state index contributed by atoms with van der Waals surface area (Å²) in [6, 6.07) is 2.46. The molecule has 0 aliphatic rings. The predicted octanol–water partition coefficient (Wildman–Crippen LogP) is 1.81. The van der Waals surface area contributed by atoms with Gasteiger partial charge in [0.25, 0.3) is 5.91 Å². The van der Waals surface area contributed by atoms with E-state index in [1.165, 1.54) is 23.3 Å². The summed E-state index contributed by atoms with van der Waals surface area (Å²) in [5, 5.41) is 11.4. The minimum atomic E-state index is -1.09. The summed E-state index contributed by atoms with van der Waals surface area (Å²) in [6.07, 6.45) is 0. The average molecular weight is 377 g/mol. The van der Waals surface area contributed by atoms with Gasteiger partial charge in [-0.15, -0.1) is 11.3 Å². The van der Waals surface area contributed by atoms with Crippen LogP contribution >= 0.6 is 27.3 Å². The number of halogens is 1. The zero-order valence-electron chi connectivity index (χ0n) is 11.9. The fourth-order valence-electron chi connectivity index (χ4n) is 1.64. The van der Waals surface area contributed by atoms with Gasteiger partial charge in [0.15, 0.2) is 0 Å². The van der Waals surface area contributed by atoms with Crippen molar-refractivity contribution in [3.05, 3.63) is 20.8 Å². The molecule has 0 saturated heterocycles. The number of thiophene rings is 1. The number of carbonyl (C=O) groups excluding carboxylic acids is 2. The minimum Gasteiger partial charge on any atom is -0.480 e. The Morgan fingerprint density at radius 3 is 2.43 bits per heavy atom. The summed E-state index contributed by atoms with van der Waals surface area (Å²) in [6.45, 7) is 3.22. The molecule has 6 nitrogen and oxygen atoms in total. The fraction of sp³-hybridized carbons (Fsp3) is 0.462. The van der Waals surface area contributed by atoms with Crippen molar-refractivity contribution in [2.45, 2.75) is 19.9 Å². The number of aliphatic carboxylic acids is 1. The molecule has 116 valence electrons. The molecule has 1 heterocycles. The number of carbonyl (C=O) groups is 3. The predicted molar refractivity (Wildman–Crippen MR) is 83.4 cm³/mol. The zero-order chi connectivity index (χ0) is 16.2. The number of rotatable bonds is 6. The maximum absolute atomic E-state index is 12.1. The topological polar surface area (TPSA) is 86.7 Å². The number of hydrogen-bond donors (Lipinski definition) is 2. The molecule has 1 aromatic heterocycles. The maximum Gasteiger partial charge on any atom is 0.326 e. The van der Waals surface area contributed by atoms with E-state index in [1.54, 1.807) is 26.0 Å². The van der Waals surface area contributed by atoms with Crippen LogP contribution in [0.5, 0.6) is 0 Å². The van der Waals surface area contributed by atoms with Gasteiger partial charge in [0.05, 0.1) is 15.2 Å². The summed E-state index contributed by atoms with van der Waals surface area (Å²) in [4.78, 5) is 36.7. The second-order valence-corrected chi connectivity index (χ2v) is 7.36. The van der Waals surface area contributed by atoms with E-state index >= 15 is 0 Å². The van der Waals surface area contributed by atoms with Gasteiger partial charge in [-0.1, -0.05) is 13.8 Å². The first-order valence-corrected chi connectivity index (χ1v) is 7.86. The van der Waals surface area contributed by atoms with Gasteiger partial charge in [0.2, 0.25) is 5.91 Å². The van der Waals surface area contributed by atoms with Crippen molar-refractivity contribution in [3.8, 4) is 0 Å². The van der Waals surface area contributed by atoms with Crippen LogP contribution < -0.4 is 5.32 Å². The van der Waals surface area contributed by atoms with Crippen LogP contribution in [-0.4, -0.2) is 47.4 Å². The highest BCUT2D eigenvalue weighted by molar-refractivity contribution is 9.11. The second kappa shape index (κ2) is 7.56. The molecule has 0 aromatic carbocycles. The van der Waals surface area contributed by atoms with Gasteiger partial charge >= 0.3 is 5.97 Å². The number of nitrogens with zero attached hydrogens (tertiary/aromatic N) is 1. The Labute approximate surface area is 135 Å². The maximum atomic E-state index is 12.1. The van der Waals surface area contributed by atoms with Crippen LogP contribution in [0.2, 0.25) is 0 Å². The van der Waals surface area contributed by atoms with Gasteiger partial charge in [-0.3, -0.25) is 9.59 Å². The normalized spacial score (nSPS) is 12.0. The van der Waals surface area contributed by atoms with Crippen LogP contribution in [0.15, 0.2) is 15.9 Å². The highest BCUT2D eigenvalue weighted by atomic mass is 79.9. The third-order valence-electron chi connectivity index (χ3n) is 2.76.